The molecule has 0 aromatic heterocycles. The summed E-state index contributed by atoms with van der Waals surface area (Å²) in [6, 6.07) is 6.68. The summed E-state index contributed by atoms with van der Waals surface area (Å²) in [6.07, 6.45) is 0. The van der Waals surface area contributed by atoms with E-state index in [1.54, 1.807) is 25.1 Å². The second-order valence-corrected chi connectivity index (χ2v) is 4.64. The Hall–Kier alpha value is -1.76. The molecular formula is C13H8Cl2N2O. The quantitative estimate of drug-likeness (QED) is 0.786. The summed E-state index contributed by atoms with van der Waals surface area (Å²) >= 11 is 11.9. The van der Waals surface area contributed by atoms with Gasteiger partial charge in [-0.2, -0.15) is 5.26 Å². The Labute approximate surface area is 115 Å². The van der Waals surface area contributed by atoms with Crippen molar-refractivity contribution < 1.29 is 4.79 Å². The molecule has 2 rings (SSSR count). The van der Waals surface area contributed by atoms with Gasteiger partial charge in [-0.3, -0.25) is 9.69 Å². The van der Waals surface area contributed by atoms with Crippen LogP contribution in [0.25, 0.3) is 0 Å². The van der Waals surface area contributed by atoms with Crippen molar-refractivity contribution in [3.05, 3.63) is 51.7 Å². The van der Waals surface area contributed by atoms with Crippen molar-refractivity contribution in [1.29, 1.82) is 5.26 Å². The lowest BCUT2D eigenvalue weighted by molar-refractivity contribution is -0.113. The number of allylic oxidation sites excluding steroid dienone is 1. The first kappa shape index (κ1) is 12.7. The summed E-state index contributed by atoms with van der Waals surface area (Å²) in [5, 5.41) is 9.77. The molecule has 90 valence electrons. The molecule has 0 N–H and O–H groups in total. The molecule has 0 radical (unpaired) electrons. The lowest BCUT2D eigenvalue weighted by Gasteiger charge is -2.19. The van der Waals surface area contributed by atoms with Gasteiger partial charge in [-0.05, 0) is 30.7 Å². The number of rotatable bonds is 1. The van der Waals surface area contributed by atoms with Crippen LogP contribution in [0.4, 0.5) is 5.69 Å². The molecule has 0 atom stereocenters. The van der Waals surface area contributed by atoms with Gasteiger partial charge in [-0.15, -0.1) is 0 Å². The maximum Gasteiger partial charge on any atom is 0.273 e. The molecule has 1 aliphatic heterocycles. The van der Waals surface area contributed by atoms with Crippen molar-refractivity contribution in [2.24, 2.45) is 0 Å². The number of carbonyl (C=O) groups is 1. The zero-order valence-corrected chi connectivity index (χ0v) is 11.0. The van der Waals surface area contributed by atoms with Gasteiger partial charge in [0, 0.05) is 10.7 Å². The Bertz CT molecular complexity index is 641. The van der Waals surface area contributed by atoms with Crippen LogP contribution in [0.15, 0.2) is 41.6 Å². The zero-order valence-electron chi connectivity index (χ0n) is 9.50. The van der Waals surface area contributed by atoms with Gasteiger partial charge < -0.3 is 0 Å². The largest absolute Gasteiger partial charge is 0.275 e. The lowest BCUT2D eigenvalue weighted by Crippen LogP contribution is -2.25. The molecule has 1 aromatic carbocycles. The summed E-state index contributed by atoms with van der Waals surface area (Å²) in [5.74, 6) is -0.413. The standard InChI is InChI=1S/C13H8Cl2N2O/c1-7-8(2)17(13(18)10(7)6-16)12-4-3-9(14)5-11(12)15/h3-5H,2H2,1H3. The van der Waals surface area contributed by atoms with Crippen molar-refractivity contribution >= 4 is 34.8 Å². The van der Waals surface area contributed by atoms with Crippen LogP contribution < -0.4 is 4.90 Å². The topological polar surface area (TPSA) is 44.1 Å². The molecule has 1 amide bonds. The number of hydrogen-bond donors (Lipinski definition) is 0. The van der Waals surface area contributed by atoms with Crippen LogP contribution in [0, 0.1) is 11.3 Å². The molecule has 0 unspecified atom stereocenters. The Morgan fingerprint density at radius 1 is 1.39 bits per heavy atom. The molecule has 3 nitrogen and oxygen atoms in total. The van der Waals surface area contributed by atoms with Crippen molar-refractivity contribution in [3.8, 4) is 6.07 Å². The summed E-state index contributed by atoms with van der Waals surface area (Å²) in [6.45, 7) is 5.49. The van der Waals surface area contributed by atoms with Crippen molar-refractivity contribution in [1.82, 2.24) is 0 Å². The van der Waals surface area contributed by atoms with E-state index >= 15 is 0 Å². The second kappa shape index (κ2) is 4.49. The van der Waals surface area contributed by atoms with Crippen LogP contribution in [0.3, 0.4) is 0 Å². The van der Waals surface area contributed by atoms with E-state index in [0.29, 0.717) is 27.0 Å². The van der Waals surface area contributed by atoms with Gasteiger partial charge >= 0.3 is 0 Å². The van der Waals surface area contributed by atoms with Gasteiger partial charge in [0.15, 0.2) is 0 Å². The van der Waals surface area contributed by atoms with Crippen LogP contribution in [-0.4, -0.2) is 5.91 Å². The molecule has 0 bridgehead atoms. The number of halogens is 2. The fourth-order valence-electron chi connectivity index (χ4n) is 1.76. The predicted octanol–water partition coefficient (Wildman–Crippen LogP) is 3.69. The molecule has 1 heterocycles. The predicted molar refractivity (Wildman–Crippen MR) is 71.4 cm³/mol. The number of amides is 1. The number of nitrogens with zero attached hydrogens (tertiary/aromatic N) is 2. The lowest BCUT2D eigenvalue weighted by atomic mass is 10.2. The molecule has 0 saturated heterocycles. The van der Waals surface area contributed by atoms with Crippen LogP contribution in [0.5, 0.6) is 0 Å². The SMILES string of the molecule is C=C1C(C)=C(C#N)C(=O)N1c1ccc(Cl)cc1Cl. The number of carbonyl (C=O) groups excluding carboxylic acids is 1. The first-order valence-corrected chi connectivity index (χ1v) is 5.82. The van der Waals surface area contributed by atoms with Gasteiger partial charge in [0.2, 0.25) is 0 Å². The minimum atomic E-state index is -0.413. The molecule has 0 saturated carbocycles. The maximum absolute atomic E-state index is 12.1. The maximum atomic E-state index is 12.1. The van der Waals surface area contributed by atoms with E-state index in [4.69, 9.17) is 28.5 Å². The van der Waals surface area contributed by atoms with E-state index in [1.807, 2.05) is 6.07 Å². The number of benzene rings is 1. The minimum Gasteiger partial charge on any atom is -0.275 e. The Morgan fingerprint density at radius 3 is 2.56 bits per heavy atom. The molecule has 1 aliphatic rings. The Morgan fingerprint density at radius 2 is 2.06 bits per heavy atom. The number of hydrogen-bond acceptors (Lipinski definition) is 2. The van der Waals surface area contributed by atoms with Crippen molar-refractivity contribution in [3.63, 3.8) is 0 Å². The average molecular weight is 279 g/mol. The normalized spacial score (nSPS) is 15.3. The first-order valence-electron chi connectivity index (χ1n) is 5.07. The fourth-order valence-corrected chi connectivity index (χ4v) is 2.25. The third kappa shape index (κ3) is 1.80. The van der Waals surface area contributed by atoms with Gasteiger partial charge in [0.25, 0.3) is 5.91 Å². The molecular weight excluding hydrogens is 271 g/mol. The highest BCUT2D eigenvalue weighted by atomic mass is 35.5. The fraction of sp³-hybridized carbons (Fsp3) is 0.0769. The summed E-state index contributed by atoms with van der Waals surface area (Å²) in [7, 11) is 0. The third-order valence-electron chi connectivity index (χ3n) is 2.76. The summed E-state index contributed by atoms with van der Waals surface area (Å²) in [5.41, 5.74) is 1.58. The van der Waals surface area contributed by atoms with E-state index in [-0.39, 0.29) is 5.57 Å². The van der Waals surface area contributed by atoms with E-state index in [9.17, 15) is 4.79 Å². The third-order valence-corrected chi connectivity index (χ3v) is 3.30. The van der Waals surface area contributed by atoms with Gasteiger partial charge in [-0.1, -0.05) is 29.8 Å². The van der Waals surface area contributed by atoms with Gasteiger partial charge in [0.1, 0.15) is 11.6 Å². The highest BCUT2D eigenvalue weighted by Gasteiger charge is 2.33. The van der Waals surface area contributed by atoms with E-state index < -0.39 is 5.91 Å². The molecule has 18 heavy (non-hydrogen) atoms. The average Bonchev–Trinajstić information content (AvgIpc) is 2.52. The smallest absolute Gasteiger partial charge is 0.273 e. The summed E-state index contributed by atoms with van der Waals surface area (Å²) < 4.78 is 0. The molecule has 0 fully saturated rings. The van der Waals surface area contributed by atoms with Crippen LogP contribution in [0.1, 0.15) is 6.92 Å². The highest BCUT2D eigenvalue weighted by Crippen LogP contribution is 2.37. The van der Waals surface area contributed by atoms with Gasteiger partial charge in [-0.25, -0.2) is 0 Å². The number of nitriles is 1. The Kier molecular flexibility index (Phi) is 3.16. The van der Waals surface area contributed by atoms with Crippen LogP contribution in [0.2, 0.25) is 10.0 Å². The van der Waals surface area contributed by atoms with E-state index in [0.717, 1.165) is 0 Å². The number of anilines is 1. The highest BCUT2D eigenvalue weighted by molar-refractivity contribution is 6.37. The Balaban J connectivity index is 2.53. The van der Waals surface area contributed by atoms with Crippen molar-refractivity contribution in [2.45, 2.75) is 6.92 Å². The monoisotopic (exact) mass is 278 g/mol. The van der Waals surface area contributed by atoms with Crippen LogP contribution in [-0.2, 0) is 4.79 Å². The summed E-state index contributed by atoms with van der Waals surface area (Å²) in [4.78, 5) is 13.4. The molecule has 5 heteroatoms. The van der Waals surface area contributed by atoms with Gasteiger partial charge in [0.05, 0.1) is 10.7 Å². The molecule has 0 aliphatic carbocycles. The first-order chi connectivity index (χ1) is 8.47. The minimum absolute atomic E-state index is 0.0889. The van der Waals surface area contributed by atoms with E-state index in [1.165, 1.54) is 4.90 Å². The molecule has 1 aromatic rings. The van der Waals surface area contributed by atoms with Crippen LogP contribution >= 0.6 is 23.2 Å². The molecule has 0 spiro atoms. The van der Waals surface area contributed by atoms with E-state index in [2.05, 4.69) is 6.58 Å². The zero-order chi connectivity index (χ0) is 13.4. The second-order valence-electron chi connectivity index (χ2n) is 3.79. The van der Waals surface area contributed by atoms with Crippen molar-refractivity contribution in [2.75, 3.05) is 4.90 Å².